The minimum Gasteiger partial charge on any atom is -0.422 e. The van der Waals surface area contributed by atoms with Crippen LogP contribution in [0, 0.1) is 0 Å². The van der Waals surface area contributed by atoms with Gasteiger partial charge in [-0.05, 0) is 36.4 Å². The molecule has 6 nitrogen and oxygen atoms in total. The third-order valence-corrected chi connectivity index (χ3v) is 6.09. The highest BCUT2D eigenvalue weighted by molar-refractivity contribution is 9.10. The van der Waals surface area contributed by atoms with Crippen molar-refractivity contribution in [3.8, 4) is 11.3 Å². The van der Waals surface area contributed by atoms with Gasteiger partial charge in [0, 0.05) is 26.2 Å². The summed E-state index contributed by atoms with van der Waals surface area (Å²) in [7, 11) is 0. The van der Waals surface area contributed by atoms with Gasteiger partial charge < -0.3 is 4.42 Å². The zero-order chi connectivity index (χ0) is 21.4. The Hall–Kier alpha value is -3.07. The van der Waals surface area contributed by atoms with Crippen LogP contribution in [0.3, 0.4) is 0 Å². The maximum atomic E-state index is 12.4. The van der Waals surface area contributed by atoms with Crippen molar-refractivity contribution in [1.82, 2.24) is 9.97 Å². The minimum absolute atomic E-state index is 0.365. The van der Waals surface area contributed by atoms with Crippen molar-refractivity contribution < 1.29 is 4.42 Å². The fourth-order valence-electron chi connectivity index (χ4n) is 3.08. The second-order valence-corrected chi connectivity index (χ2v) is 8.73. The normalized spacial score (nSPS) is 11.5. The van der Waals surface area contributed by atoms with Crippen LogP contribution in [0.5, 0.6) is 0 Å². The first kappa shape index (κ1) is 19.9. The molecule has 31 heavy (non-hydrogen) atoms. The fraction of sp³-hybridized carbons (Fsp3) is 0. The highest BCUT2D eigenvalue weighted by Crippen LogP contribution is 2.27. The number of pyridine rings is 1. The molecular formula is C22H12BrClN4O2S. The molecule has 0 aliphatic rings. The molecule has 1 N–H and O–H groups in total. The van der Waals surface area contributed by atoms with Gasteiger partial charge in [-0.15, -0.1) is 11.3 Å². The van der Waals surface area contributed by atoms with E-state index in [0.717, 1.165) is 20.8 Å². The maximum absolute atomic E-state index is 12.4. The molecular weight excluding hydrogens is 500 g/mol. The molecule has 0 radical (unpaired) electrons. The minimum atomic E-state index is -0.441. The predicted molar refractivity (Wildman–Crippen MR) is 129 cm³/mol. The van der Waals surface area contributed by atoms with Gasteiger partial charge in [-0.2, -0.15) is 5.10 Å². The lowest BCUT2D eigenvalue weighted by molar-refractivity contribution is 0.563. The number of fused-ring (bicyclic) bond motifs is 2. The van der Waals surface area contributed by atoms with Crippen LogP contribution in [-0.4, -0.2) is 16.2 Å². The summed E-state index contributed by atoms with van der Waals surface area (Å²) in [6, 6.07) is 16.9. The first-order valence-electron chi connectivity index (χ1n) is 9.10. The van der Waals surface area contributed by atoms with Gasteiger partial charge in [0.25, 0.3) is 0 Å². The lowest BCUT2D eigenvalue weighted by atomic mass is 10.1. The van der Waals surface area contributed by atoms with Crippen molar-refractivity contribution in [3.63, 3.8) is 0 Å². The summed E-state index contributed by atoms with van der Waals surface area (Å²) in [5.41, 5.74) is 5.37. The van der Waals surface area contributed by atoms with Gasteiger partial charge in [-0.3, -0.25) is 5.43 Å². The average Bonchev–Trinajstić information content (AvgIpc) is 3.22. The van der Waals surface area contributed by atoms with E-state index >= 15 is 0 Å². The van der Waals surface area contributed by atoms with E-state index in [2.05, 4.69) is 36.4 Å². The Labute approximate surface area is 193 Å². The van der Waals surface area contributed by atoms with Crippen molar-refractivity contribution >= 4 is 72.1 Å². The Kier molecular flexibility index (Phi) is 5.27. The van der Waals surface area contributed by atoms with E-state index < -0.39 is 5.63 Å². The largest absolute Gasteiger partial charge is 0.422 e. The van der Waals surface area contributed by atoms with Gasteiger partial charge in [-0.1, -0.05) is 45.7 Å². The molecule has 0 amide bonds. The summed E-state index contributed by atoms with van der Waals surface area (Å²) in [5.74, 6) is 0. The Bertz CT molecular complexity index is 1530. The van der Waals surface area contributed by atoms with Gasteiger partial charge in [0.2, 0.25) is 5.13 Å². The summed E-state index contributed by atoms with van der Waals surface area (Å²) in [5, 5.41) is 8.66. The number of para-hydroxylation sites is 1. The van der Waals surface area contributed by atoms with Crippen LogP contribution in [-0.2, 0) is 0 Å². The molecule has 0 unspecified atom stereocenters. The first-order chi connectivity index (χ1) is 15.1. The smallest absolute Gasteiger partial charge is 0.345 e. The van der Waals surface area contributed by atoms with Gasteiger partial charge >= 0.3 is 5.63 Å². The summed E-state index contributed by atoms with van der Waals surface area (Å²) >= 11 is 11.0. The molecule has 0 saturated carbocycles. The number of thiazole rings is 1. The van der Waals surface area contributed by atoms with E-state index in [-0.39, 0.29) is 0 Å². The molecule has 9 heteroatoms. The molecule has 3 heterocycles. The zero-order valence-corrected chi connectivity index (χ0v) is 18.8. The Morgan fingerprint density at radius 3 is 2.87 bits per heavy atom. The molecule has 0 bridgehead atoms. The molecule has 5 aromatic rings. The number of aromatic nitrogens is 2. The van der Waals surface area contributed by atoms with Crippen molar-refractivity contribution in [2.75, 3.05) is 5.43 Å². The number of nitrogens with zero attached hydrogens (tertiary/aromatic N) is 3. The molecule has 0 spiro atoms. The second-order valence-electron chi connectivity index (χ2n) is 6.60. The van der Waals surface area contributed by atoms with Crippen LogP contribution < -0.4 is 11.1 Å². The molecule has 2 aromatic carbocycles. The van der Waals surface area contributed by atoms with Crippen molar-refractivity contribution in [1.29, 1.82) is 0 Å². The predicted octanol–water partition coefficient (Wildman–Crippen LogP) is 6.33. The first-order valence-corrected chi connectivity index (χ1v) is 11.2. The summed E-state index contributed by atoms with van der Waals surface area (Å²) in [4.78, 5) is 21.2. The lowest BCUT2D eigenvalue weighted by Gasteiger charge is -2.01. The average molecular weight is 512 g/mol. The number of rotatable bonds is 4. The number of hydrazone groups is 1. The number of anilines is 1. The molecule has 0 saturated heterocycles. The summed E-state index contributed by atoms with van der Waals surface area (Å²) in [6.45, 7) is 0. The molecule has 0 atom stereocenters. The fourth-order valence-corrected chi connectivity index (χ4v) is 4.31. The van der Waals surface area contributed by atoms with Crippen LogP contribution in [0.4, 0.5) is 5.13 Å². The molecule has 0 aliphatic heterocycles. The monoisotopic (exact) mass is 510 g/mol. The highest BCUT2D eigenvalue weighted by Gasteiger charge is 2.12. The maximum Gasteiger partial charge on any atom is 0.345 e. The van der Waals surface area contributed by atoms with Crippen molar-refractivity contribution in [2.24, 2.45) is 5.10 Å². The summed E-state index contributed by atoms with van der Waals surface area (Å²) in [6.07, 6.45) is 1.59. The number of halogens is 2. The van der Waals surface area contributed by atoms with Crippen LogP contribution in [0.25, 0.3) is 33.1 Å². The molecule has 0 aliphatic carbocycles. The van der Waals surface area contributed by atoms with E-state index in [1.807, 2.05) is 42.5 Å². The van der Waals surface area contributed by atoms with Crippen molar-refractivity contribution in [3.05, 3.63) is 85.6 Å². The third kappa shape index (κ3) is 4.10. The quantitative estimate of drug-likeness (QED) is 0.132. The van der Waals surface area contributed by atoms with E-state index in [9.17, 15) is 4.79 Å². The Morgan fingerprint density at radius 2 is 1.97 bits per heavy atom. The standard InChI is InChI=1S/C22H12BrClN4O2S/c23-15-5-6-19-13(8-15)9-16(21(29)30-19)18-11-31-22(27-18)28-25-10-14-7-12-3-1-2-4-17(12)26-20(14)24/h1-11H,(H,27,28)/b25-10+. The van der Waals surface area contributed by atoms with Crippen LogP contribution in [0.15, 0.2) is 78.8 Å². The molecule has 152 valence electrons. The topological polar surface area (TPSA) is 80.4 Å². The van der Waals surface area contributed by atoms with Gasteiger partial charge in [-0.25, -0.2) is 14.8 Å². The third-order valence-electron chi connectivity index (χ3n) is 4.54. The molecule has 3 aromatic heterocycles. The van der Waals surface area contributed by atoms with E-state index in [4.69, 9.17) is 16.0 Å². The van der Waals surface area contributed by atoms with E-state index in [1.165, 1.54) is 11.3 Å². The van der Waals surface area contributed by atoms with E-state index in [0.29, 0.717) is 32.7 Å². The number of benzene rings is 2. The molecule has 5 rings (SSSR count). The zero-order valence-electron chi connectivity index (χ0n) is 15.7. The molecule has 0 fully saturated rings. The highest BCUT2D eigenvalue weighted by atomic mass is 79.9. The number of hydrogen-bond donors (Lipinski definition) is 1. The van der Waals surface area contributed by atoms with Gasteiger partial charge in [0.1, 0.15) is 10.7 Å². The van der Waals surface area contributed by atoms with Crippen molar-refractivity contribution in [2.45, 2.75) is 0 Å². The van der Waals surface area contributed by atoms with Gasteiger partial charge in [0.15, 0.2) is 0 Å². The van der Waals surface area contributed by atoms with Crippen LogP contribution >= 0.6 is 38.9 Å². The van der Waals surface area contributed by atoms with Crippen LogP contribution in [0.2, 0.25) is 5.15 Å². The number of hydrogen-bond acceptors (Lipinski definition) is 7. The van der Waals surface area contributed by atoms with Crippen LogP contribution in [0.1, 0.15) is 5.56 Å². The van der Waals surface area contributed by atoms with Gasteiger partial charge in [0.05, 0.1) is 23.0 Å². The summed E-state index contributed by atoms with van der Waals surface area (Å²) < 4.78 is 6.31. The van der Waals surface area contributed by atoms with E-state index in [1.54, 1.807) is 23.7 Å². The second kappa shape index (κ2) is 8.22. The lowest BCUT2D eigenvalue weighted by Crippen LogP contribution is -2.03. The SMILES string of the molecule is O=c1oc2ccc(Br)cc2cc1-c1csc(N/N=C/c2cc3ccccc3nc2Cl)n1. The Balaban J connectivity index is 1.39. The Morgan fingerprint density at radius 1 is 1.10 bits per heavy atom. The number of nitrogens with one attached hydrogen (secondary N) is 1.